The number of anilines is 1. The van der Waals surface area contributed by atoms with E-state index in [1.165, 1.54) is 29.3 Å². The number of pyridine rings is 1. The van der Waals surface area contributed by atoms with Crippen LogP contribution in [0.25, 0.3) is 16.9 Å². The molecule has 0 spiro atoms. The number of carbonyl (C=O) groups excluding carboxylic acids is 1. The molecule has 3 aromatic rings. The number of fused-ring (bicyclic) bond motifs is 3. The number of amides is 2. The van der Waals surface area contributed by atoms with E-state index in [-0.39, 0.29) is 29.2 Å². The van der Waals surface area contributed by atoms with Crippen LogP contribution in [-0.2, 0) is 10.9 Å². The Morgan fingerprint density at radius 1 is 1.26 bits per heavy atom. The molecule has 1 N–H and O–H groups in total. The molecule has 34 heavy (non-hydrogen) atoms. The van der Waals surface area contributed by atoms with Gasteiger partial charge in [0.2, 0.25) is 0 Å². The highest BCUT2D eigenvalue weighted by Crippen LogP contribution is 2.52. The highest BCUT2D eigenvalue weighted by atomic mass is 19.4. The number of hydrogen-bond acceptors (Lipinski definition) is 6. The topological polar surface area (TPSA) is 97.5 Å². The molecule has 4 heterocycles. The van der Waals surface area contributed by atoms with Crippen LogP contribution in [0.15, 0.2) is 31.0 Å². The van der Waals surface area contributed by atoms with E-state index in [1.807, 2.05) is 6.92 Å². The molecule has 2 aliphatic rings. The maximum absolute atomic E-state index is 13.7. The number of carbonyl (C=O) groups is 1. The number of rotatable bonds is 4. The number of alkyl halides is 3. The number of nitrogens with zero attached hydrogens (tertiary/aromatic N) is 6. The summed E-state index contributed by atoms with van der Waals surface area (Å²) in [5, 5.41) is 6.66. The van der Waals surface area contributed by atoms with Crippen molar-refractivity contribution in [1.82, 2.24) is 29.5 Å². The van der Waals surface area contributed by atoms with E-state index < -0.39 is 23.3 Å². The molecule has 2 bridgehead atoms. The van der Waals surface area contributed by atoms with Crippen molar-refractivity contribution in [2.75, 3.05) is 12.4 Å². The summed E-state index contributed by atoms with van der Waals surface area (Å²) in [6, 6.07) is 0.854. The van der Waals surface area contributed by atoms with E-state index in [4.69, 9.17) is 4.74 Å². The van der Waals surface area contributed by atoms with Crippen molar-refractivity contribution >= 4 is 17.5 Å². The summed E-state index contributed by atoms with van der Waals surface area (Å²) in [5.41, 5.74) is -1.18. The van der Waals surface area contributed by atoms with E-state index in [2.05, 4.69) is 32.3 Å². The zero-order valence-corrected chi connectivity index (χ0v) is 18.9. The molecule has 3 aromatic heterocycles. The monoisotopic (exact) mass is 475 g/mol. The third-order valence-corrected chi connectivity index (χ3v) is 7.02. The molecule has 0 radical (unpaired) electrons. The molecule has 0 aromatic carbocycles. The van der Waals surface area contributed by atoms with Crippen molar-refractivity contribution in [1.29, 1.82) is 0 Å². The first kappa shape index (κ1) is 22.5. The average molecular weight is 475 g/mol. The Morgan fingerprint density at radius 2 is 2.06 bits per heavy atom. The number of ether oxygens (including phenoxy) is 1. The number of likely N-dealkylation sites (tertiary alicyclic amines) is 1. The Labute approximate surface area is 193 Å². The smallest absolute Gasteiger partial charge is 0.379 e. The lowest BCUT2D eigenvalue weighted by atomic mass is 9.62. The first-order valence-electron chi connectivity index (χ1n) is 11.0. The number of methoxy groups -OCH3 is 1. The van der Waals surface area contributed by atoms with Crippen molar-refractivity contribution in [3.05, 3.63) is 36.5 Å². The normalized spacial score (nSPS) is 25.2. The van der Waals surface area contributed by atoms with Crippen LogP contribution in [0, 0.1) is 5.92 Å². The van der Waals surface area contributed by atoms with E-state index in [9.17, 15) is 18.0 Å². The molecule has 1 unspecified atom stereocenters. The molecule has 4 atom stereocenters. The molecule has 1 saturated heterocycles. The Bertz CT molecular complexity index is 1250. The SMILES string of the molecule is COC(C)[C@@]12C[C@@H](C)C[C@@H](C1)N2C(=O)Nc1cc(-c2cn3ncnc3cn2)c(C(F)(F)F)cn1. The Morgan fingerprint density at radius 3 is 2.79 bits per heavy atom. The maximum atomic E-state index is 13.7. The van der Waals surface area contributed by atoms with Crippen LogP contribution in [0.2, 0.25) is 0 Å². The number of piperidine rings is 1. The molecule has 5 rings (SSSR count). The summed E-state index contributed by atoms with van der Waals surface area (Å²) in [4.78, 5) is 27.0. The summed E-state index contributed by atoms with van der Waals surface area (Å²) < 4.78 is 48.1. The fraction of sp³-hybridized carbons (Fsp3) is 0.500. The van der Waals surface area contributed by atoms with Gasteiger partial charge in [-0.1, -0.05) is 6.92 Å². The van der Waals surface area contributed by atoms with Crippen LogP contribution in [0.1, 0.15) is 38.7 Å². The first-order valence-corrected chi connectivity index (χ1v) is 11.0. The van der Waals surface area contributed by atoms with E-state index >= 15 is 0 Å². The fourth-order valence-corrected chi connectivity index (χ4v) is 5.48. The van der Waals surface area contributed by atoms with Gasteiger partial charge < -0.3 is 9.64 Å². The van der Waals surface area contributed by atoms with Crippen LogP contribution < -0.4 is 5.32 Å². The van der Waals surface area contributed by atoms with Crippen molar-refractivity contribution < 1.29 is 22.7 Å². The van der Waals surface area contributed by atoms with Crippen LogP contribution >= 0.6 is 0 Å². The van der Waals surface area contributed by atoms with Crippen LogP contribution in [0.3, 0.4) is 0 Å². The van der Waals surface area contributed by atoms with Gasteiger partial charge in [0.25, 0.3) is 0 Å². The Kier molecular flexibility index (Phi) is 5.23. The quantitative estimate of drug-likeness (QED) is 0.612. The zero-order valence-electron chi connectivity index (χ0n) is 18.9. The maximum Gasteiger partial charge on any atom is 0.418 e. The fourth-order valence-electron chi connectivity index (χ4n) is 5.48. The molecular formula is C22H24F3N7O2. The second-order valence-electron chi connectivity index (χ2n) is 9.13. The number of aromatic nitrogens is 5. The van der Waals surface area contributed by atoms with Gasteiger partial charge in [-0.15, -0.1) is 0 Å². The zero-order chi connectivity index (χ0) is 24.3. The van der Waals surface area contributed by atoms with Gasteiger partial charge in [-0.2, -0.15) is 18.3 Å². The first-order chi connectivity index (χ1) is 16.1. The lowest BCUT2D eigenvalue weighted by Crippen LogP contribution is -2.76. The predicted octanol–water partition coefficient (Wildman–Crippen LogP) is 4.01. The van der Waals surface area contributed by atoms with Crippen molar-refractivity contribution in [2.24, 2.45) is 5.92 Å². The summed E-state index contributed by atoms with van der Waals surface area (Å²) >= 11 is 0. The number of hydrogen-bond donors (Lipinski definition) is 1. The van der Waals surface area contributed by atoms with Gasteiger partial charge in [0.05, 0.1) is 35.3 Å². The van der Waals surface area contributed by atoms with Gasteiger partial charge >= 0.3 is 12.2 Å². The predicted molar refractivity (Wildman–Crippen MR) is 116 cm³/mol. The lowest BCUT2D eigenvalue weighted by Gasteiger charge is -2.65. The molecule has 2 fully saturated rings. The molecule has 180 valence electrons. The summed E-state index contributed by atoms with van der Waals surface area (Å²) in [6.45, 7) is 4.09. The Balaban J connectivity index is 1.48. The van der Waals surface area contributed by atoms with Gasteiger partial charge in [0.1, 0.15) is 12.1 Å². The van der Waals surface area contributed by atoms with Gasteiger partial charge in [-0.05, 0) is 38.2 Å². The number of urea groups is 1. The molecule has 1 aliphatic heterocycles. The van der Waals surface area contributed by atoms with Crippen LogP contribution in [0.5, 0.6) is 0 Å². The Hall–Kier alpha value is -3.28. The van der Waals surface area contributed by atoms with Gasteiger partial charge in [-0.3, -0.25) is 10.3 Å². The van der Waals surface area contributed by atoms with Crippen molar-refractivity contribution in [3.63, 3.8) is 0 Å². The molecule has 12 heteroatoms. The van der Waals surface area contributed by atoms with Crippen LogP contribution in [-0.4, -0.2) is 60.3 Å². The van der Waals surface area contributed by atoms with E-state index in [0.29, 0.717) is 17.8 Å². The van der Waals surface area contributed by atoms with E-state index in [1.54, 1.807) is 12.0 Å². The highest BCUT2D eigenvalue weighted by molar-refractivity contribution is 5.91. The summed E-state index contributed by atoms with van der Waals surface area (Å²) in [7, 11) is 1.62. The van der Waals surface area contributed by atoms with Crippen molar-refractivity contribution in [3.8, 4) is 11.3 Å². The van der Waals surface area contributed by atoms with Gasteiger partial charge in [0, 0.05) is 24.9 Å². The second-order valence-corrected chi connectivity index (χ2v) is 9.13. The summed E-state index contributed by atoms with van der Waals surface area (Å²) in [6.07, 6.45) is 2.37. The molecule has 1 aliphatic carbocycles. The van der Waals surface area contributed by atoms with Gasteiger partial charge in [-0.25, -0.2) is 19.3 Å². The summed E-state index contributed by atoms with van der Waals surface area (Å²) in [5.74, 6) is 0.459. The van der Waals surface area contributed by atoms with E-state index in [0.717, 1.165) is 19.3 Å². The van der Waals surface area contributed by atoms with Crippen LogP contribution in [0.4, 0.5) is 23.8 Å². The average Bonchev–Trinajstić information content (AvgIpc) is 3.25. The third kappa shape index (κ3) is 3.56. The van der Waals surface area contributed by atoms with Crippen molar-refractivity contribution in [2.45, 2.75) is 57.0 Å². The minimum absolute atomic E-state index is 0.00623. The molecule has 2 amide bonds. The number of halogens is 3. The molecular weight excluding hydrogens is 451 g/mol. The minimum atomic E-state index is -4.66. The minimum Gasteiger partial charge on any atom is -0.379 e. The molecule has 1 saturated carbocycles. The third-order valence-electron chi connectivity index (χ3n) is 7.02. The van der Waals surface area contributed by atoms with Gasteiger partial charge in [0.15, 0.2) is 5.65 Å². The number of nitrogens with one attached hydrogen (secondary N) is 1. The largest absolute Gasteiger partial charge is 0.418 e. The second kappa shape index (κ2) is 7.90. The standard InChI is InChI=1S/C22H24F3N7O2/c1-12-4-14-7-21(6-12,13(2)34-3)32(14)20(33)30-18-5-15(16(8-27-18)22(23,24)25)17-10-31-19(9-26-17)28-11-29-31/h5,8-14H,4,6-7H2,1-3H3,(H,27,30,33)/t12-,13?,14-,21+/m0/s1. The lowest BCUT2D eigenvalue weighted by molar-refractivity contribution is -0.155. The highest BCUT2D eigenvalue weighted by Gasteiger charge is 2.61. The molecule has 9 nitrogen and oxygen atoms in total.